The molecule has 0 aliphatic heterocycles. The number of halogens is 2. The van der Waals surface area contributed by atoms with E-state index in [1.54, 1.807) is 24.5 Å². The zero-order chi connectivity index (χ0) is 15.5. The van der Waals surface area contributed by atoms with Crippen molar-refractivity contribution >= 4 is 11.6 Å². The van der Waals surface area contributed by atoms with Crippen LogP contribution < -0.4 is 5.76 Å². The van der Waals surface area contributed by atoms with E-state index in [9.17, 15) is 9.18 Å². The minimum atomic E-state index is -0.605. The van der Waals surface area contributed by atoms with Gasteiger partial charge in [-0.3, -0.25) is 14.1 Å². The lowest BCUT2D eigenvalue weighted by Gasteiger charge is -2.07. The second-order valence-electron chi connectivity index (χ2n) is 4.69. The van der Waals surface area contributed by atoms with Crippen LogP contribution in [0.3, 0.4) is 0 Å². The molecule has 0 atom stereocenters. The maximum absolute atomic E-state index is 13.9. The fraction of sp³-hybridized carbons (Fsp3) is 0.133. The van der Waals surface area contributed by atoms with Crippen LogP contribution in [-0.2, 0) is 13.0 Å². The van der Waals surface area contributed by atoms with Crippen LogP contribution in [0.4, 0.5) is 4.39 Å². The molecule has 3 aromatic rings. The molecule has 0 saturated heterocycles. The van der Waals surface area contributed by atoms with Gasteiger partial charge in [-0.05, 0) is 23.8 Å². The number of hydrogen-bond acceptors (Lipinski definition) is 4. The van der Waals surface area contributed by atoms with Crippen molar-refractivity contribution in [2.24, 2.45) is 0 Å². The normalized spacial score (nSPS) is 10.8. The molecule has 0 amide bonds. The summed E-state index contributed by atoms with van der Waals surface area (Å²) in [7, 11) is 0. The molecule has 0 unspecified atom stereocenters. The lowest BCUT2D eigenvalue weighted by atomic mass is 10.1. The lowest BCUT2D eigenvalue weighted by Crippen LogP contribution is -2.18. The number of pyridine rings is 1. The summed E-state index contributed by atoms with van der Waals surface area (Å²) in [4.78, 5) is 15.8. The smallest absolute Gasteiger partial charge is 0.296 e. The molecule has 2 aromatic heterocycles. The third kappa shape index (κ3) is 2.92. The van der Waals surface area contributed by atoms with E-state index < -0.39 is 11.6 Å². The molecule has 0 radical (unpaired) electrons. The SMILES string of the molecule is O=c1onc(Cc2c(F)cccc2Cl)n1Cc1cccnc1. The largest absolute Gasteiger partial charge is 0.441 e. The molecule has 112 valence electrons. The van der Waals surface area contributed by atoms with Gasteiger partial charge in [0.1, 0.15) is 5.82 Å². The highest BCUT2D eigenvalue weighted by Crippen LogP contribution is 2.21. The van der Waals surface area contributed by atoms with E-state index in [4.69, 9.17) is 16.1 Å². The van der Waals surface area contributed by atoms with Crippen LogP contribution in [0, 0.1) is 5.82 Å². The van der Waals surface area contributed by atoms with Crippen molar-refractivity contribution in [2.45, 2.75) is 13.0 Å². The molecule has 22 heavy (non-hydrogen) atoms. The molecule has 3 rings (SSSR count). The number of rotatable bonds is 4. The molecule has 0 bridgehead atoms. The van der Waals surface area contributed by atoms with Gasteiger partial charge in [0.05, 0.1) is 6.54 Å². The van der Waals surface area contributed by atoms with E-state index in [2.05, 4.69) is 10.1 Å². The first-order valence-corrected chi connectivity index (χ1v) is 6.90. The molecule has 0 spiro atoms. The van der Waals surface area contributed by atoms with E-state index in [1.807, 2.05) is 6.07 Å². The third-order valence-electron chi connectivity index (χ3n) is 3.22. The van der Waals surface area contributed by atoms with Crippen molar-refractivity contribution in [1.29, 1.82) is 0 Å². The first-order chi connectivity index (χ1) is 10.6. The van der Waals surface area contributed by atoms with Gasteiger partial charge in [0.2, 0.25) is 0 Å². The van der Waals surface area contributed by atoms with E-state index in [1.165, 1.54) is 16.7 Å². The first-order valence-electron chi connectivity index (χ1n) is 6.52. The van der Waals surface area contributed by atoms with Crippen molar-refractivity contribution in [3.8, 4) is 0 Å². The average Bonchev–Trinajstić information content (AvgIpc) is 2.85. The molecule has 1 aromatic carbocycles. The number of benzene rings is 1. The van der Waals surface area contributed by atoms with Gasteiger partial charge in [0.25, 0.3) is 0 Å². The van der Waals surface area contributed by atoms with Gasteiger partial charge < -0.3 is 0 Å². The zero-order valence-electron chi connectivity index (χ0n) is 11.4. The summed E-state index contributed by atoms with van der Waals surface area (Å²) in [6, 6.07) is 8.01. The number of nitrogens with zero attached hydrogens (tertiary/aromatic N) is 3. The lowest BCUT2D eigenvalue weighted by molar-refractivity contribution is 0.375. The summed E-state index contributed by atoms with van der Waals surface area (Å²) in [5.41, 5.74) is 1.09. The van der Waals surface area contributed by atoms with Crippen molar-refractivity contribution < 1.29 is 8.91 Å². The Kier molecular flexibility index (Phi) is 4.02. The van der Waals surface area contributed by atoms with Gasteiger partial charge in [-0.25, -0.2) is 9.18 Å². The van der Waals surface area contributed by atoms with E-state index in [0.29, 0.717) is 5.82 Å². The van der Waals surface area contributed by atoms with Crippen molar-refractivity contribution in [3.63, 3.8) is 0 Å². The molecule has 5 nitrogen and oxygen atoms in total. The Morgan fingerprint density at radius 2 is 2.14 bits per heavy atom. The molecule has 0 fully saturated rings. The van der Waals surface area contributed by atoms with Crippen LogP contribution in [0.15, 0.2) is 52.0 Å². The molecular weight excluding hydrogens is 309 g/mol. The molecule has 2 heterocycles. The third-order valence-corrected chi connectivity index (χ3v) is 3.58. The van der Waals surface area contributed by atoms with Crippen LogP contribution in [0.2, 0.25) is 5.02 Å². The summed E-state index contributed by atoms with van der Waals surface area (Å²) < 4.78 is 19.9. The maximum Gasteiger partial charge on any atom is 0.441 e. The van der Waals surface area contributed by atoms with Gasteiger partial charge in [-0.1, -0.05) is 28.9 Å². The predicted octanol–water partition coefficient (Wildman–Crippen LogP) is 2.66. The second-order valence-corrected chi connectivity index (χ2v) is 5.10. The van der Waals surface area contributed by atoms with Crippen LogP contribution in [0.1, 0.15) is 17.0 Å². The average molecular weight is 320 g/mol. The van der Waals surface area contributed by atoms with Crippen molar-refractivity contribution in [1.82, 2.24) is 14.7 Å². The Bertz CT molecular complexity index is 825. The number of hydrogen-bond donors (Lipinski definition) is 0. The first kappa shape index (κ1) is 14.5. The van der Waals surface area contributed by atoms with E-state index in [-0.39, 0.29) is 23.6 Å². The predicted molar refractivity (Wildman–Crippen MR) is 78.3 cm³/mol. The number of aromatic nitrogens is 3. The van der Waals surface area contributed by atoms with Crippen LogP contribution in [0.5, 0.6) is 0 Å². The molecular formula is C15H11ClFN3O2. The Morgan fingerprint density at radius 1 is 1.27 bits per heavy atom. The summed E-state index contributed by atoms with van der Waals surface area (Å²) in [6.07, 6.45) is 3.34. The summed E-state index contributed by atoms with van der Waals surface area (Å²) >= 11 is 6.00. The van der Waals surface area contributed by atoms with Gasteiger partial charge in [-0.15, -0.1) is 0 Å². The Hall–Kier alpha value is -2.47. The summed E-state index contributed by atoms with van der Waals surface area (Å²) in [5, 5.41) is 4.00. The fourth-order valence-electron chi connectivity index (χ4n) is 2.11. The summed E-state index contributed by atoms with van der Waals surface area (Å²) in [5.74, 6) is -0.747. The minimum absolute atomic E-state index is 0.0670. The van der Waals surface area contributed by atoms with Crippen LogP contribution in [0.25, 0.3) is 0 Å². The van der Waals surface area contributed by atoms with Gasteiger partial charge in [0.15, 0.2) is 5.82 Å². The van der Waals surface area contributed by atoms with Gasteiger partial charge >= 0.3 is 5.76 Å². The minimum Gasteiger partial charge on any atom is -0.296 e. The zero-order valence-corrected chi connectivity index (χ0v) is 12.1. The van der Waals surface area contributed by atoms with Crippen molar-refractivity contribution in [3.05, 3.63) is 81.1 Å². The topological polar surface area (TPSA) is 60.9 Å². The van der Waals surface area contributed by atoms with Crippen molar-refractivity contribution in [2.75, 3.05) is 0 Å². The van der Waals surface area contributed by atoms with Gasteiger partial charge in [-0.2, -0.15) is 0 Å². The highest BCUT2D eigenvalue weighted by atomic mass is 35.5. The Balaban J connectivity index is 1.94. The highest BCUT2D eigenvalue weighted by molar-refractivity contribution is 6.31. The van der Waals surface area contributed by atoms with Crippen LogP contribution in [-0.4, -0.2) is 14.7 Å². The standard InChI is InChI=1S/C15H11ClFN3O2/c16-12-4-1-5-13(17)11(12)7-14-19-22-15(21)20(14)9-10-3-2-6-18-8-10/h1-6,8H,7,9H2. The van der Waals surface area contributed by atoms with Gasteiger partial charge in [0, 0.05) is 29.4 Å². The van der Waals surface area contributed by atoms with Crippen LogP contribution >= 0.6 is 11.6 Å². The molecule has 0 aliphatic rings. The molecule has 0 N–H and O–H groups in total. The fourth-order valence-corrected chi connectivity index (χ4v) is 2.34. The van der Waals surface area contributed by atoms with E-state index >= 15 is 0 Å². The molecule has 0 saturated carbocycles. The molecule has 0 aliphatic carbocycles. The monoisotopic (exact) mass is 319 g/mol. The molecule has 7 heteroatoms. The highest BCUT2D eigenvalue weighted by Gasteiger charge is 2.16. The second kappa shape index (κ2) is 6.11. The Labute approximate surface area is 130 Å². The summed E-state index contributed by atoms with van der Waals surface area (Å²) in [6.45, 7) is 0.248. The maximum atomic E-state index is 13.9. The quantitative estimate of drug-likeness (QED) is 0.741. The van der Waals surface area contributed by atoms with E-state index in [0.717, 1.165) is 5.56 Å². The Morgan fingerprint density at radius 3 is 2.86 bits per heavy atom.